The minimum atomic E-state index is -1.11. The minimum Gasteiger partial charge on any atom is -0.273 e. The maximum Gasteiger partial charge on any atom is 0.332 e. The molecule has 1 aliphatic heterocycles. The van der Waals surface area contributed by atoms with Crippen molar-refractivity contribution in [3.63, 3.8) is 0 Å². The molecule has 0 aromatic heterocycles. The largest absolute Gasteiger partial charge is 0.332 e. The zero-order chi connectivity index (χ0) is 14.7. The molecule has 2 fully saturated rings. The van der Waals surface area contributed by atoms with Crippen LogP contribution in [0, 0.1) is 5.41 Å². The number of amides is 4. The standard InChI is InChI=1S/C14H13ClN2O3/c1-16-11(18)14(12(19)17(2)13(16)20)7-10(14)8-3-5-9(15)6-4-8/h3-6,10H,7H2,1-2H3. The Labute approximate surface area is 121 Å². The zero-order valence-electron chi connectivity index (χ0n) is 11.1. The van der Waals surface area contributed by atoms with E-state index in [0.29, 0.717) is 11.4 Å². The van der Waals surface area contributed by atoms with Gasteiger partial charge in [0.15, 0.2) is 0 Å². The van der Waals surface area contributed by atoms with Crippen LogP contribution < -0.4 is 0 Å². The molecule has 20 heavy (non-hydrogen) atoms. The summed E-state index contributed by atoms with van der Waals surface area (Å²) in [6.07, 6.45) is 0.439. The molecule has 1 aliphatic carbocycles. The molecule has 3 rings (SSSR count). The SMILES string of the molecule is CN1C(=O)N(C)C(=O)C2(CC2c2ccc(Cl)cc2)C1=O. The Morgan fingerprint density at radius 2 is 1.55 bits per heavy atom. The van der Waals surface area contributed by atoms with Crippen LogP contribution in [0.25, 0.3) is 0 Å². The number of hydrogen-bond donors (Lipinski definition) is 0. The number of carbonyl (C=O) groups is 3. The van der Waals surface area contributed by atoms with Crippen molar-refractivity contribution in [3.05, 3.63) is 34.9 Å². The Kier molecular flexibility index (Phi) is 2.66. The topological polar surface area (TPSA) is 57.7 Å². The Balaban J connectivity index is 1.98. The number of hydrogen-bond acceptors (Lipinski definition) is 3. The first kappa shape index (κ1) is 13.1. The van der Waals surface area contributed by atoms with Gasteiger partial charge in [-0.2, -0.15) is 0 Å². The van der Waals surface area contributed by atoms with Crippen molar-refractivity contribution in [1.82, 2.24) is 9.80 Å². The fraction of sp³-hybridized carbons (Fsp3) is 0.357. The summed E-state index contributed by atoms with van der Waals surface area (Å²) in [5.74, 6) is -1.01. The minimum absolute atomic E-state index is 0.183. The van der Waals surface area contributed by atoms with E-state index >= 15 is 0 Å². The summed E-state index contributed by atoms with van der Waals surface area (Å²) in [7, 11) is 2.82. The van der Waals surface area contributed by atoms with Gasteiger partial charge in [0.1, 0.15) is 5.41 Å². The summed E-state index contributed by atoms with van der Waals surface area (Å²) in [5.41, 5.74) is -0.210. The van der Waals surface area contributed by atoms with Gasteiger partial charge in [0.2, 0.25) is 11.8 Å². The zero-order valence-corrected chi connectivity index (χ0v) is 11.8. The Hall–Kier alpha value is -1.88. The lowest BCUT2D eigenvalue weighted by molar-refractivity contribution is -0.150. The second-order valence-corrected chi connectivity index (χ2v) is 5.73. The fourth-order valence-corrected chi connectivity index (χ4v) is 3.05. The third-order valence-corrected chi connectivity index (χ3v) is 4.43. The maximum atomic E-state index is 12.4. The summed E-state index contributed by atoms with van der Waals surface area (Å²) in [5, 5.41) is 0.606. The van der Waals surface area contributed by atoms with E-state index in [-0.39, 0.29) is 5.92 Å². The molecule has 104 valence electrons. The number of halogens is 1. The van der Waals surface area contributed by atoms with Crippen molar-refractivity contribution >= 4 is 29.4 Å². The third kappa shape index (κ3) is 1.53. The second-order valence-electron chi connectivity index (χ2n) is 5.29. The van der Waals surface area contributed by atoms with Gasteiger partial charge < -0.3 is 0 Å². The first-order valence-electron chi connectivity index (χ1n) is 6.25. The van der Waals surface area contributed by atoms with Crippen LogP contribution in [-0.2, 0) is 9.59 Å². The summed E-state index contributed by atoms with van der Waals surface area (Å²) in [6.45, 7) is 0. The molecule has 0 N–H and O–H groups in total. The first-order chi connectivity index (χ1) is 9.39. The molecule has 5 nitrogen and oxygen atoms in total. The smallest absolute Gasteiger partial charge is 0.273 e. The Morgan fingerprint density at radius 1 is 1.05 bits per heavy atom. The van der Waals surface area contributed by atoms with Gasteiger partial charge >= 0.3 is 6.03 Å². The van der Waals surface area contributed by atoms with Gasteiger partial charge in [-0.15, -0.1) is 0 Å². The van der Waals surface area contributed by atoms with Crippen LogP contribution in [0.4, 0.5) is 4.79 Å². The van der Waals surface area contributed by atoms with Crippen molar-refractivity contribution in [2.24, 2.45) is 5.41 Å². The van der Waals surface area contributed by atoms with Gasteiger partial charge in [0.05, 0.1) is 0 Å². The average molecular weight is 293 g/mol. The van der Waals surface area contributed by atoms with Crippen LogP contribution >= 0.6 is 11.6 Å². The monoisotopic (exact) mass is 292 g/mol. The van der Waals surface area contributed by atoms with Gasteiger partial charge in [-0.25, -0.2) is 4.79 Å². The second kappa shape index (κ2) is 4.06. The van der Waals surface area contributed by atoms with Crippen molar-refractivity contribution in [2.75, 3.05) is 14.1 Å². The van der Waals surface area contributed by atoms with Crippen LogP contribution in [0.2, 0.25) is 5.02 Å². The van der Waals surface area contributed by atoms with E-state index in [1.807, 2.05) is 12.1 Å². The molecular weight excluding hydrogens is 280 g/mol. The molecule has 1 saturated heterocycles. The van der Waals surface area contributed by atoms with Crippen LogP contribution in [0.5, 0.6) is 0 Å². The molecule has 6 heteroatoms. The van der Waals surface area contributed by atoms with Gasteiger partial charge in [-0.05, 0) is 24.1 Å². The number of benzene rings is 1. The van der Waals surface area contributed by atoms with Crippen LogP contribution in [0.1, 0.15) is 17.9 Å². The molecular formula is C14H13ClN2O3. The lowest BCUT2D eigenvalue weighted by atomic mass is 9.94. The van der Waals surface area contributed by atoms with Gasteiger partial charge in [0.25, 0.3) is 0 Å². The molecule has 1 aromatic carbocycles. The van der Waals surface area contributed by atoms with E-state index in [0.717, 1.165) is 15.4 Å². The lowest BCUT2D eigenvalue weighted by Gasteiger charge is -2.33. The maximum absolute atomic E-state index is 12.4. The average Bonchev–Trinajstić information content (AvgIpc) is 3.19. The number of nitrogens with zero attached hydrogens (tertiary/aromatic N) is 2. The predicted molar refractivity (Wildman–Crippen MR) is 72.2 cm³/mol. The molecule has 2 aliphatic rings. The van der Waals surface area contributed by atoms with E-state index in [1.165, 1.54) is 14.1 Å². The van der Waals surface area contributed by atoms with Crippen molar-refractivity contribution < 1.29 is 14.4 Å². The van der Waals surface area contributed by atoms with E-state index in [2.05, 4.69) is 0 Å². The Bertz CT molecular complexity index is 602. The molecule has 0 radical (unpaired) electrons. The first-order valence-corrected chi connectivity index (χ1v) is 6.63. The highest BCUT2D eigenvalue weighted by molar-refractivity contribution is 6.30. The predicted octanol–water partition coefficient (Wildman–Crippen LogP) is 1.86. The van der Waals surface area contributed by atoms with Gasteiger partial charge in [-0.3, -0.25) is 19.4 Å². The molecule has 1 atom stereocenters. The molecule has 0 bridgehead atoms. The summed E-state index contributed by atoms with van der Waals surface area (Å²) >= 11 is 5.84. The van der Waals surface area contributed by atoms with Crippen LogP contribution in [0.15, 0.2) is 24.3 Å². The number of barbiturate groups is 1. The summed E-state index contributed by atoms with van der Waals surface area (Å²) < 4.78 is 0. The number of rotatable bonds is 1. The highest BCUT2D eigenvalue weighted by Crippen LogP contribution is 2.62. The highest BCUT2D eigenvalue weighted by Gasteiger charge is 2.70. The quantitative estimate of drug-likeness (QED) is 0.743. The van der Waals surface area contributed by atoms with Gasteiger partial charge in [0, 0.05) is 25.0 Å². The van der Waals surface area contributed by atoms with Gasteiger partial charge in [-0.1, -0.05) is 23.7 Å². The highest BCUT2D eigenvalue weighted by atomic mass is 35.5. The molecule has 1 spiro atoms. The van der Waals surface area contributed by atoms with Crippen molar-refractivity contribution in [3.8, 4) is 0 Å². The molecule has 1 heterocycles. The number of urea groups is 1. The molecule has 1 aromatic rings. The lowest BCUT2D eigenvalue weighted by Crippen LogP contribution is -2.58. The van der Waals surface area contributed by atoms with Crippen molar-refractivity contribution in [2.45, 2.75) is 12.3 Å². The van der Waals surface area contributed by atoms with E-state index in [4.69, 9.17) is 11.6 Å². The summed E-state index contributed by atoms with van der Waals surface area (Å²) in [4.78, 5) is 38.5. The van der Waals surface area contributed by atoms with E-state index < -0.39 is 23.3 Å². The number of carbonyl (C=O) groups excluding carboxylic acids is 3. The van der Waals surface area contributed by atoms with Crippen molar-refractivity contribution in [1.29, 1.82) is 0 Å². The molecule has 1 unspecified atom stereocenters. The third-order valence-electron chi connectivity index (χ3n) is 4.18. The molecule has 4 amide bonds. The summed E-state index contributed by atoms with van der Waals surface area (Å²) in [6, 6.07) is 6.53. The van der Waals surface area contributed by atoms with Crippen LogP contribution in [-0.4, -0.2) is 41.7 Å². The van der Waals surface area contributed by atoms with E-state index in [1.54, 1.807) is 12.1 Å². The van der Waals surface area contributed by atoms with Crippen LogP contribution in [0.3, 0.4) is 0 Å². The number of imide groups is 2. The fourth-order valence-electron chi connectivity index (χ4n) is 2.92. The normalized spacial score (nSPS) is 24.6. The molecule has 1 saturated carbocycles. The Morgan fingerprint density at radius 3 is 2.05 bits per heavy atom. The van der Waals surface area contributed by atoms with E-state index in [9.17, 15) is 14.4 Å².